The summed E-state index contributed by atoms with van der Waals surface area (Å²) in [7, 11) is 0. The number of Topliss-reactive ketones (excluding diaryl/α,β-unsaturated/α-hetero) is 1. The van der Waals surface area contributed by atoms with Crippen molar-refractivity contribution >= 4 is 5.78 Å². The Hall–Kier alpha value is -1.18. The lowest BCUT2D eigenvalue weighted by molar-refractivity contribution is -0.120. The molecule has 0 aliphatic heterocycles. The molecule has 0 amide bonds. The molecule has 0 saturated heterocycles. The van der Waals surface area contributed by atoms with E-state index in [9.17, 15) is 9.18 Å². The molecule has 2 rings (SSSR count). The monoisotopic (exact) mass is 206 g/mol. The highest BCUT2D eigenvalue weighted by molar-refractivity contribution is 5.79. The van der Waals surface area contributed by atoms with Crippen LogP contribution < -0.4 is 0 Å². The van der Waals surface area contributed by atoms with Crippen molar-refractivity contribution in [1.82, 2.24) is 0 Å². The lowest BCUT2D eigenvalue weighted by Crippen LogP contribution is -2.12. The highest BCUT2D eigenvalue weighted by Crippen LogP contribution is 2.31. The number of rotatable bonds is 1. The summed E-state index contributed by atoms with van der Waals surface area (Å²) in [5, 5.41) is 0. The van der Waals surface area contributed by atoms with E-state index in [1.165, 1.54) is 6.07 Å². The van der Waals surface area contributed by atoms with Gasteiger partial charge in [-0.1, -0.05) is 6.07 Å². The zero-order valence-corrected chi connectivity index (χ0v) is 8.92. The molecule has 0 heterocycles. The van der Waals surface area contributed by atoms with Crippen LogP contribution in [0.3, 0.4) is 0 Å². The second-order valence-electron chi connectivity index (χ2n) is 4.37. The zero-order valence-electron chi connectivity index (χ0n) is 8.92. The van der Waals surface area contributed by atoms with E-state index < -0.39 is 0 Å². The largest absolute Gasteiger partial charge is 0.300 e. The van der Waals surface area contributed by atoms with Crippen molar-refractivity contribution < 1.29 is 9.18 Å². The van der Waals surface area contributed by atoms with E-state index in [0.29, 0.717) is 24.5 Å². The molecular weight excluding hydrogens is 191 g/mol. The van der Waals surface area contributed by atoms with Crippen molar-refractivity contribution in [1.29, 1.82) is 0 Å². The third-order valence-electron chi connectivity index (χ3n) is 3.08. The number of hydrogen-bond donors (Lipinski definition) is 0. The summed E-state index contributed by atoms with van der Waals surface area (Å²) < 4.78 is 13.2. The van der Waals surface area contributed by atoms with Gasteiger partial charge < -0.3 is 0 Å². The van der Waals surface area contributed by atoms with Crippen LogP contribution in [0.5, 0.6) is 0 Å². The van der Waals surface area contributed by atoms with Crippen molar-refractivity contribution in [2.75, 3.05) is 0 Å². The molecule has 15 heavy (non-hydrogen) atoms. The quantitative estimate of drug-likeness (QED) is 0.688. The predicted octanol–water partition coefficient (Wildman–Crippen LogP) is 3.36. The van der Waals surface area contributed by atoms with Gasteiger partial charge in [0.25, 0.3) is 0 Å². The van der Waals surface area contributed by atoms with Crippen LogP contribution in [0.15, 0.2) is 18.2 Å². The third-order valence-corrected chi connectivity index (χ3v) is 3.08. The minimum absolute atomic E-state index is 0.165. The predicted molar refractivity (Wildman–Crippen MR) is 57.4 cm³/mol. The number of carbonyl (C=O) groups excluding carboxylic acids is 1. The van der Waals surface area contributed by atoms with E-state index in [4.69, 9.17) is 0 Å². The molecule has 0 unspecified atom stereocenters. The maximum atomic E-state index is 13.2. The van der Waals surface area contributed by atoms with Crippen LogP contribution in [-0.4, -0.2) is 5.78 Å². The average Bonchev–Trinajstić information content (AvgIpc) is 2.17. The second kappa shape index (κ2) is 4.13. The molecule has 2 heteroatoms. The first-order valence-electron chi connectivity index (χ1n) is 5.44. The standard InChI is InChI=1S/C13H15FO/c1-9-6-11(8-12(14)7-9)10-2-4-13(15)5-3-10/h6-8,10H,2-5H2,1H3. The molecule has 1 saturated carbocycles. The van der Waals surface area contributed by atoms with E-state index in [1.807, 2.05) is 13.0 Å². The van der Waals surface area contributed by atoms with E-state index in [2.05, 4.69) is 0 Å². The molecule has 1 aliphatic carbocycles. The number of aryl methyl sites for hydroxylation is 1. The van der Waals surface area contributed by atoms with Crippen LogP contribution in [0.25, 0.3) is 0 Å². The molecule has 0 aromatic heterocycles. The molecule has 0 spiro atoms. The molecule has 1 aromatic rings. The summed E-state index contributed by atoms with van der Waals surface area (Å²) in [4.78, 5) is 11.1. The maximum absolute atomic E-state index is 13.2. The topological polar surface area (TPSA) is 17.1 Å². The molecule has 1 aliphatic rings. The Balaban J connectivity index is 2.18. The number of carbonyl (C=O) groups is 1. The zero-order chi connectivity index (χ0) is 10.8. The number of benzene rings is 1. The van der Waals surface area contributed by atoms with E-state index in [-0.39, 0.29) is 5.82 Å². The minimum atomic E-state index is -0.165. The molecule has 1 nitrogen and oxygen atoms in total. The minimum Gasteiger partial charge on any atom is -0.300 e. The highest BCUT2D eigenvalue weighted by Gasteiger charge is 2.20. The van der Waals surface area contributed by atoms with E-state index in [1.54, 1.807) is 6.07 Å². The molecule has 0 N–H and O–H groups in total. The van der Waals surface area contributed by atoms with Gasteiger partial charge in [-0.15, -0.1) is 0 Å². The Labute approximate surface area is 89.3 Å². The van der Waals surface area contributed by atoms with Crippen LogP contribution in [0.4, 0.5) is 4.39 Å². The summed E-state index contributed by atoms with van der Waals surface area (Å²) in [6.45, 7) is 1.90. The SMILES string of the molecule is Cc1cc(F)cc(C2CCC(=O)CC2)c1. The fraction of sp³-hybridized carbons (Fsp3) is 0.462. The van der Waals surface area contributed by atoms with Gasteiger partial charge in [-0.25, -0.2) is 4.39 Å². The molecule has 1 aromatic carbocycles. The molecule has 1 fully saturated rings. The lowest BCUT2D eigenvalue weighted by atomic mass is 9.83. The second-order valence-corrected chi connectivity index (χ2v) is 4.37. The van der Waals surface area contributed by atoms with Gasteiger partial charge in [0.05, 0.1) is 0 Å². The molecular formula is C13H15FO. The van der Waals surface area contributed by atoms with Gasteiger partial charge in [-0.2, -0.15) is 0 Å². The molecule has 80 valence electrons. The summed E-state index contributed by atoms with van der Waals surface area (Å²) in [6.07, 6.45) is 3.06. The smallest absolute Gasteiger partial charge is 0.132 e. The van der Waals surface area contributed by atoms with Crippen LogP contribution in [0, 0.1) is 12.7 Å². The van der Waals surface area contributed by atoms with Gasteiger partial charge in [0.15, 0.2) is 0 Å². The van der Waals surface area contributed by atoms with Crippen LogP contribution in [0.2, 0.25) is 0 Å². The Morgan fingerprint density at radius 1 is 1.20 bits per heavy atom. The van der Waals surface area contributed by atoms with Crippen molar-refractivity contribution in [2.45, 2.75) is 38.5 Å². The van der Waals surface area contributed by atoms with Crippen molar-refractivity contribution in [2.24, 2.45) is 0 Å². The van der Waals surface area contributed by atoms with E-state index in [0.717, 1.165) is 24.0 Å². The number of halogens is 1. The van der Waals surface area contributed by atoms with Crippen LogP contribution >= 0.6 is 0 Å². The fourth-order valence-corrected chi connectivity index (χ4v) is 2.27. The van der Waals surface area contributed by atoms with Gasteiger partial charge in [-0.05, 0) is 48.9 Å². The lowest BCUT2D eigenvalue weighted by Gasteiger charge is -2.21. The van der Waals surface area contributed by atoms with Gasteiger partial charge in [0.2, 0.25) is 0 Å². The summed E-state index contributed by atoms with van der Waals surface area (Å²) in [5.41, 5.74) is 2.02. The first-order chi connectivity index (χ1) is 7.15. The van der Waals surface area contributed by atoms with E-state index >= 15 is 0 Å². The fourth-order valence-electron chi connectivity index (χ4n) is 2.27. The Kier molecular flexibility index (Phi) is 2.85. The van der Waals surface area contributed by atoms with Crippen LogP contribution in [0.1, 0.15) is 42.7 Å². The average molecular weight is 206 g/mol. The summed E-state index contributed by atoms with van der Waals surface area (Å²) >= 11 is 0. The summed E-state index contributed by atoms with van der Waals surface area (Å²) in [6, 6.07) is 5.18. The Bertz CT molecular complexity index is 354. The van der Waals surface area contributed by atoms with Crippen molar-refractivity contribution in [3.05, 3.63) is 35.1 Å². The van der Waals surface area contributed by atoms with Gasteiger partial charge >= 0.3 is 0 Å². The van der Waals surface area contributed by atoms with Crippen LogP contribution in [-0.2, 0) is 4.79 Å². The van der Waals surface area contributed by atoms with Crippen molar-refractivity contribution in [3.8, 4) is 0 Å². The first-order valence-corrected chi connectivity index (χ1v) is 5.44. The Morgan fingerprint density at radius 2 is 1.87 bits per heavy atom. The highest BCUT2D eigenvalue weighted by atomic mass is 19.1. The van der Waals surface area contributed by atoms with Crippen molar-refractivity contribution in [3.63, 3.8) is 0 Å². The van der Waals surface area contributed by atoms with Gasteiger partial charge in [0, 0.05) is 12.8 Å². The normalized spacial score (nSPS) is 18.1. The van der Waals surface area contributed by atoms with Gasteiger partial charge in [-0.3, -0.25) is 4.79 Å². The third kappa shape index (κ3) is 2.44. The maximum Gasteiger partial charge on any atom is 0.132 e. The number of ketones is 1. The molecule has 0 atom stereocenters. The Morgan fingerprint density at radius 3 is 2.47 bits per heavy atom. The summed E-state index contributed by atoms with van der Waals surface area (Å²) in [5.74, 6) is 0.554. The number of hydrogen-bond acceptors (Lipinski definition) is 1. The van der Waals surface area contributed by atoms with Gasteiger partial charge in [0.1, 0.15) is 11.6 Å². The molecule has 0 bridgehead atoms. The molecule has 0 radical (unpaired) electrons. The first kappa shape index (κ1) is 10.3.